The molecule has 5 aliphatic heterocycles. The third-order valence-corrected chi connectivity index (χ3v) is 11.5. The number of aliphatic hydroxyl groups is 14. The molecule has 65 heavy (non-hydrogen) atoms. The maximum absolute atomic E-state index is 12.3. The first kappa shape index (κ1) is 53.4. The number of amides is 3. The molecule has 5 saturated heterocycles. The lowest BCUT2D eigenvalue weighted by Crippen LogP contribution is -2.70. The van der Waals surface area contributed by atoms with E-state index in [1.807, 2.05) is 0 Å². The molecule has 0 aromatic heterocycles. The maximum atomic E-state index is 12.3. The number of nitrogens with one attached hydrogen (secondary N) is 3. The molecule has 5 fully saturated rings. The highest BCUT2D eigenvalue weighted by molar-refractivity contribution is 5.74. The standard InChI is InChI=1S/C36H61N3O26/c1-9(44)37-17-23(50)29(13(5-41)58-32(17)56)63-34-19(39-11(3)46)24(51)30(14(6-42)60-34)65-36-27(54)25(52)21(48)16(62-36)8-57-35-28(55)26(53)31(15(7-43)61-35)64-33-18(38-10(2)45)22(49)20(47)12(4-40)59-33/h12-36,40-43,47-56H,4-8H2,1-3H3,(H,37,44)(H,38,45)(H,39,46)/t12-,13-,14-,15-,16-,17-,18-,19-,20-,21-,22-,23-,24-,25+,26-,27+,28+,29-,30-,31-,32-,33-,34+,35+,36+/m1/s1. The summed E-state index contributed by atoms with van der Waals surface area (Å²) in [5.74, 6) is -2.14. The summed E-state index contributed by atoms with van der Waals surface area (Å²) in [5.41, 5.74) is 0. The van der Waals surface area contributed by atoms with E-state index >= 15 is 0 Å². The van der Waals surface area contributed by atoms with Gasteiger partial charge in [-0.3, -0.25) is 14.4 Å². The maximum Gasteiger partial charge on any atom is 0.217 e. The van der Waals surface area contributed by atoms with Gasteiger partial charge in [-0.05, 0) is 0 Å². The van der Waals surface area contributed by atoms with Crippen LogP contribution in [0, 0.1) is 0 Å². The number of hydrogen-bond donors (Lipinski definition) is 17. The Kier molecular flexibility index (Phi) is 19.1. The van der Waals surface area contributed by atoms with E-state index in [0.29, 0.717) is 0 Å². The number of aliphatic hydroxyl groups excluding tert-OH is 14. The van der Waals surface area contributed by atoms with Crippen molar-refractivity contribution in [3.63, 3.8) is 0 Å². The molecule has 0 aliphatic carbocycles. The molecule has 0 spiro atoms. The van der Waals surface area contributed by atoms with Gasteiger partial charge in [0.05, 0.1) is 33.0 Å². The molecular formula is C36H61N3O26. The lowest BCUT2D eigenvalue weighted by molar-refractivity contribution is -0.369. The van der Waals surface area contributed by atoms with Gasteiger partial charge in [-0.2, -0.15) is 0 Å². The molecule has 25 atom stereocenters. The molecular weight excluding hydrogens is 890 g/mol. The minimum Gasteiger partial charge on any atom is -0.394 e. The lowest BCUT2D eigenvalue weighted by Gasteiger charge is -2.49. The Morgan fingerprint density at radius 3 is 1.28 bits per heavy atom. The van der Waals surface area contributed by atoms with Gasteiger partial charge < -0.3 is 130 Å². The second-order valence-corrected chi connectivity index (χ2v) is 16.2. The number of ether oxygens (including phenoxy) is 9. The zero-order valence-electron chi connectivity index (χ0n) is 35.1. The van der Waals surface area contributed by atoms with E-state index in [4.69, 9.17) is 42.6 Å². The molecule has 29 nitrogen and oxygen atoms in total. The normalized spacial score (nSPS) is 47.1. The zero-order chi connectivity index (χ0) is 48.2. The van der Waals surface area contributed by atoms with Crippen molar-refractivity contribution in [2.45, 2.75) is 174 Å². The van der Waals surface area contributed by atoms with Gasteiger partial charge >= 0.3 is 0 Å². The van der Waals surface area contributed by atoms with Crippen molar-refractivity contribution in [2.75, 3.05) is 33.0 Å². The van der Waals surface area contributed by atoms with Crippen LogP contribution in [0.2, 0.25) is 0 Å². The van der Waals surface area contributed by atoms with Crippen LogP contribution in [0.25, 0.3) is 0 Å². The van der Waals surface area contributed by atoms with Crippen molar-refractivity contribution < 1.29 is 129 Å². The van der Waals surface area contributed by atoms with Crippen molar-refractivity contribution in [3.05, 3.63) is 0 Å². The second-order valence-electron chi connectivity index (χ2n) is 16.2. The first-order chi connectivity index (χ1) is 30.7. The molecule has 5 rings (SSSR count). The summed E-state index contributed by atoms with van der Waals surface area (Å²) in [4.78, 5) is 36.0. The van der Waals surface area contributed by atoms with Crippen molar-refractivity contribution >= 4 is 17.7 Å². The first-order valence-corrected chi connectivity index (χ1v) is 20.6. The van der Waals surface area contributed by atoms with Gasteiger partial charge in [-0.25, -0.2) is 0 Å². The molecule has 0 bridgehead atoms. The number of carbonyl (C=O) groups is 3. The Morgan fingerprint density at radius 2 is 0.769 bits per heavy atom. The van der Waals surface area contributed by atoms with E-state index in [1.54, 1.807) is 0 Å². The highest BCUT2D eigenvalue weighted by Gasteiger charge is 2.56. The molecule has 0 aromatic carbocycles. The summed E-state index contributed by atoms with van der Waals surface area (Å²) in [6.07, 6.45) is -39.1. The summed E-state index contributed by atoms with van der Waals surface area (Å²) in [6.45, 7) is -1.11. The fraction of sp³-hybridized carbons (Fsp3) is 0.917. The van der Waals surface area contributed by atoms with E-state index in [-0.39, 0.29) is 0 Å². The average Bonchev–Trinajstić information content (AvgIpc) is 3.26. The quantitative estimate of drug-likeness (QED) is 0.0683. The molecule has 29 heteroatoms. The Bertz CT molecular complexity index is 1560. The summed E-state index contributed by atoms with van der Waals surface area (Å²) < 4.78 is 51.0. The average molecular weight is 952 g/mol. The minimum atomic E-state index is -2.08. The first-order valence-electron chi connectivity index (χ1n) is 20.6. The third-order valence-electron chi connectivity index (χ3n) is 11.5. The second kappa shape index (κ2) is 23.2. The molecule has 0 radical (unpaired) electrons. The van der Waals surface area contributed by atoms with Crippen molar-refractivity contribution in [2.24, 2.45) is 0 Å². The monoisotopic (exact) mass is 951 g/mol. The van der Waals surface area contributed by atoms with Crippen LogP contribution in [-0.2, 0) is 57.0 Å². The number of carbonyl (C=O) groups excluding carboxylic acids is 3. The van der Waals surface area contributed by atoms with E-state index in [2.05, 4.69) is 16.0 Å². The molecule has 0 unspecified atom stereocenters. The van der Waals surface area contributed by atoms with Crippen LogP contribution < -0.4 is 16.0 Å². The Balaban J connectivity index is 1.27. The van der Waals surface area contributed by atoms with E-state index in [0.717, 1.165) is 20.8 Å². The highest BCUT2D eigenvalue weighted by Crippen LogP contribution is 2.34. The predicted octanol–water partition coefficient (Wildman–Crippen LogP) is -11.5. The Morgan fingerprint density at radius 1 is 0.400 bits per heavy atom. The van der Waals surface area contributed by atoms with Gasteiger partial charge in [-0.1, -0.05) is 0 Å². The minimum absolute atomic E-state index is 0.680. The molecule has 5 aliphatic rings. The van der Waals surface area contributed by atoms with Crippen LogP contribution >= 0.6 is 0 Å². The Hall–Kier alpha value is -2.51. The topological polar surface area (TPSA) is 454 Å². The van der Waals surface area contributed by atoms with Crippen LogP contribution in [0.3, 0.4) is 0 Å². The predicted molar refractivity (Wildman–Crippen MR) is 201 cm³/mol. The Labute approximate surface area is 369 Å². The smallest absolute Gasteiger partial charge is 0.217 e. The van der Waals surface area contributed by atoms with Gasteiger partial charge in [-0.15, -0.1) is 0 Å². The fourth-order valence-electron chi connectivity index (χ4n) is 8.15. The molecule has 0 saturated carbocycles. The van der Waals surface area contributed by atoms with Crippen LogP contribution in [0.4, 0.5) is 0 Å². The summed E-state index contributed by atoms with van der Waals surface area (Å²) in [6, 6.07) is -4.59. The van der Waals surface area contributed by atoms with Crippen LogP contribution in [0.5, 0.6) is 0 Å². The van der Waals surface area contributed by atoms with E-state index in [1.165, 1.54) is 0 Å². The summed E-state index contributed by atoms with van der Waals surface area (Å²) in [7, 11) is 0. The van der Waals surface area contributed by atoms with Crippen LogP contribution in [0.1, 0.15) is 20.8 Å². The molecule has 5 heterocycles. The molecule has 376 valence electrons. The zero-order valence-corrected chi connectivity index (χ0v) is 35.1. The van der Waals surface area contributed by atoms with Gasteiger partial charge in [0.25, 0.3) is 0 Å². The van der Waals surface area contributed by atoms with Gasteiger partial charge in [0.2, 0.25) is 17.7 Å². The van der Waals surface area contributed by atoms with Gasteiger partial charge in [0, 0.05) is 20.8 Å². The van der Waals surface area contributed by atoms with Crippen LogP contribution in [-0.4, -0.2) is 276 Å². The third kappa shape index (κ3) is 12.0. The van der Waals surface area contributed by atoms with Crippen LogP contribution in [0.15, 0.2) is 0 Å². The van der Waals surface area contributed by atoms with E-state index < -0.39 is 204 Å². The SMILES string of the molecule is CC(=O)N[C@@H]1[C@@H](O)[C@H](O[C@@H]2O[C@H](CO)[C@@H](O[C@@H]3O[C@H](CO[C@H]4O[C@H](CO)[C@@H](O[C@H]5O[C@H](CO)[C@@H](O)[C@H](O)[C@H]5NC(C)=O)[C@H](O)[C@@H]4O)[C@@H](O)[C@H](O)[C@@H]3O)[C@H](O)[C@H]2NC(C)=O)[C@@H](CO)O[C@H]1O. The van der Waals surface area contributed by atoms with E-state index in [9.17, 15) is 85.9 Å². The highest BCUT2D eigenvalue weighted by atomic mass is 16.8. The number of rotatable bonds is 16. The van der Waals surface area contributed by atoms with Crippen molar-refractivity contribution in [3.8, 4) is 0 Å². The van der Waals surface area contributed by atoms with Gasteiger partial charge in [0.1, 0.15) is 122 Å². The van der Waals surface area contributed by atoms with Crippen molar-refractivity contribution in [1.82, 2.24) is 16.0 Å². The summed E-state index contributed by atoms with van der Waals surface area (Å²) in [5, 5.41) is 156. The largest absolute Gasteiger partial charge is 0.394 e. The number of hydrogen-bond acceptors (Lipinski definition) is 26. The molecule has 0 aromatic rings. The molecule has 3 amide bonds. The van der Waals surface area contributed by atoms with Crippen molar-refractivity contribution in [1.29, 1.82) is 0 Å². The molecule has 17 N–H and O–H groups in total. The lowest BCUT2D eigenvalue weighted by atomic mass is 9.94. The fourth-order valence-corrected chi connectivity index (χ4v) is 8.15. The summed E-state index contributed by atoms with van der Waals surface area (Å²) >= 11 is 0. The van der Waals surface area contributed by atoms with Gasteiger partial charge in [0.15, 0.2) is 31.5 Å².